The minimum atomic E-state index is 1.08. The standard InChI is InChI=1S/C15H24BrN/c1-3-4-5-6-7-8-11-17-15-12-13(2)9-10-14(15)16/h9-10,12,17H,3-8,11H2,1-2H3. The van der Waals surface area contributed by atoms with Crippen LogP contribution >= 0.6 is 15.9 Å². The molecule has 17 heavy (non-hydrogen) atoms. The van der Waals surface area contributed by atoms with E-state index in [1.807, 2.05) is 0 Å². The van der Waals surface area contributed by atoms with E-state index in [-0.39, 0.29) is 0 Å². The van der Waals surface area contributed by atoms with Gasteiger partial charge < -0.3 is 5.32 Å². The number of rotatable bonds is 8. The number of hydrogen-bond acceptors (Lipinski definition) is 1. The Kier molecular flexibility index (Phi) is 7.34. The van der Waals surface area contributed by atoms with Gasteiger partial charge in [-0.1, -0.05) is 45.1 Å². The average Bonchev–Trinajstić information content (AvgIpc) is 2.32. The topological polar surface area (TPSA) is 12.0 Å². The summed E-state index contributed by atoms with van der Waals surface area (Å²) in [7, 11) is 0. The van der Waals surface area contributed by atoms with Gasteiger partial charge in [0.05, 0.1) is 0 Å². The van der Waals surface area contributed by atoms with E-state index in [0.29, 0.717) is 0 Å². The first-order chi connectivity index (χ1) is 8.24. The molecule has 1 rings (SSSR count). The van der Waals surface area contributed by atoms with Gasteiger partial charge in [-0.05, 0) is 47.0 Å². The number of halogens is 1. The third kappa shape index (κ3) is 6.11. The molecule has 0 saturated heterocycles. The molecule has 0 heterocycles. The Balaban J connectivity index is 2.15. The molecule has 1 N–H and O–H groups in total. The quantitative estimate of drug-likeness (QED) is 0.622. The highest BCUT2D eigenvalue weighted by molar-refractivity contribution is 9.10. The van der Waals surface area contributed by atoms with Crippen molar-refractivity contribution in [2.24, 2.45) is 0 Å². The van der Waals surface area contributed by atoms with E-state index < -0.39 is 0 Å². The maximum atomic E-state index is 3.57. The second kappa shape index (κ2) is 8.57. The molecule has 0 aromatic heterocycles. The lowest BCUT2D eigenvalue weighted by Gasteiger charge is -2.09. The lowest BCUT2D eigenvalue weighted by Crippen LogP contribution is -2.02. The highest BCUT2D eigenvalue weighted by Gasteiger charge is 1.98. The monoisotopic (exact) mass is 297 g/mol. The zero-order chi connectivity index (χ0) is 12.5. The van der Waals surface area contributed by atoms with Crippen LogP contribution in [0.3, 0.4) is 0 Å². The smallest absolute Gasteiger partial charge is 0.0487 e. The first-order valence-corrected chi connectivity index (χ1v) is 7.53. The van der Waals surface area contributed by atoms with Crippen LogP contribution < -0.4 is 5.32 Å². The van der Waals surface area contributed by atoms with E-state index in [1.165, 1.54) is 49.8 Å². The van der Waals surface area contributed by atoms with Crippen molar-refractivity contribution >= 4 is 21.6 Å². The summed E-state index contributed by atoms with van der Waals surface area (Å²) in [5.41, 5.74) is 2.53. The van der Waals surface area contributed by atoms with Crippen molar-refractivity contribution in [3.8, 4) is 0 Å². The van der Waals surface area contributed by atoms with Gasteiger partial charge in [-0.25, -0.2) is 0 Å². The lowest BCUT2D eigenvalue weighted by atomic mass is 10.1. The van der Waals surface area contributed by atoms with E-state index in [2.05, 4.69) is 53.3 Å². The summed E-state index contributed by atoms with van der Waals surface area (Å²) in [6.45, 7) is 5.47. The highest BCUT2D eigenvalue weighted by atomic mass is 79.9. The molecular formula is C15H24BrN. The fraction of sp³-hybridized carbons (Fsp3) is 0.600. The number of nitrogens with one attached hydrogen (secondary N) is 1. The summed E-state index contributed by atoms with van der Waals surface area (Å²) < 4.78 is 1.16. The van der Waals surface area contributed by atoms with Crippen molar-refractivity contribution in [3.63, 3.8) is 0 Å². The molecule has 0 radical (unpaired) electrons. The molecule has 0 bridgehead atoms. The van der Waals surface area contributed by atoms with Crippen molar-refractivity contribution in [3.05, 3.63) is 28.2 Å². The van der Waals surface area contributed by atoms with Crippen LogP contribution in [0.1, 0.15) is 51.0 Å². The molecule has 96 valence electrons. The van der Waals surface area contributed by atoms with Crippen molar-refractivity contribution < 1.29 is 0 Å². The van der Waals surface area contributed by atoms with E-state index in [9.17, 15) is 0 Å². The van der Waals surface area contributed by atoms with E-state index in [0.717, 1.165) is 11.0 Å². The van der Waals surface area contributed by atoms with Crippen molar-refractivity contribution in [1.29, 1.82) is 0 Å². The average molecular weight is 298 g/mol. The van der Waals surface area contributed by atoms with Crippen LogP contribution in [0.15, 0.2) is 22.7 Å². The fourth-order valence-corrected chi connectivity index (χ4v) is 2.29. The zero-order valence-corrected chi connectivity index (χ0v) is 12.6. The van der Waals surface area contributed by atoms with Crippen molar-refractivity contribution in [2.45, 2.75) is 52.4 Å². The molecule has 0 spiro atoms. The van der Waals surface area contributed by atoms with Gasteiger partial charge in [-0.15, -0.1) is 0 Å². The van der Waals surface area contributed by atoms with E-state index in [4.69, 9.17) is 0 Å². The minimum Gasteiger partial charge on any atom is -0.384 e. The number of aryl methyl sites for hydroxylation is 1. The third-order valence-corrected chi connectivity index (χ3v) is 3.66. The lowest BCUT2D eigenvalue weighted by molar-refractivity contribution is 0.617. The van der Waals surface area contributed by atoms with Crippen LogP contribution in [0.25, 0.3) is 0 Å². The van der Waals surface area contributed by atoms with Crippen LogP contribution in [0.5, 0.6) is 0 Å². The Morgan fingerprint density at radius 2 is 1.76 bits per heavy atom. The molecule has 0 unspecified atom stereocenters. The molecule has 1 aromatic carbocycles. The van der Waals surface area contributed by atoms with Crippen LogP contribution in [0.2, 0.25) is 0 Å². The summed E-state index contributed by atoms with van der Waals surface area (Å²) >= 11 is 3.57. The molecule has 0 fully saturated rings. The van der Waals surface area contributed by atoms with Gasteiger partial charge in [0.1, 0.15) is 0 Å². The van der Waals surface area contributed by atoms with Crippen molar-refractivity contribution in [2.75, 3.05) is 11.9 Å². The largest absolute Gasteiger partial charge is 0.384 e. The van der Waals surface area contributed by atoms with Gasteiger partial charge in [0.15, 0.2) is 0 Å². The third-order valence-electron chi connectivity index (χ3n) is 2.97. The van der Waals surface area contributed by atoms with Crippen molar-refractivity contribution in [1.82, 2.24) is 0 Å². The molecule has 0 aliphatic rings. The first kappa shape index (κ1) is 14.6. The predicted octanol–water partition coefficient (Wildman–Crippen LogP) is 5.53. The van der Waals surface area contributed by atoms with E-state index >= 15 is 0 Å². The molecule has 1 nitrogen and oxygen atoms in total. The SMILES string of the molecule is CCCCCCCCNc1cc(C)ccc1Br. The highest BCUT2D eigenvalue weighted by Crippen LogP contribution is 2.23. The Morgan fingerprint density at radius 3 is 2.53 bits per heavy atom. The molecule has 0 atom stereocenters. The van der Waals surface area contributed by atoms with Gasteiger partial charge in [0.2, 0.25) is 0 Å². The Hall–Kier alpha value is -0.500. The summed E-state index contributed by atoms with van der Waals surface area (Å²) in [4.78, 5) is 0. The summed E-state index contributed by atoms with van der Waals surface area (Å²) in [5, 5.41) is 3.50. The fourth-order valence-electron chi connectivity index (χ4n) is 1.90. The Labute approximate surface area is 114 Å². The minimum absolute atomic E-state index is 1.08. The van der Waals surface area contributed by atoms with Gasteiger partial charge in [-0.2, -0.15) is 0 Å². The molecule has 0 amide bonds. The van der Waals surface area contributed by atoms with Gasteiger partial charge in [-0.3, -0.25) is 0 Å². The zero-order valence-electron chi connectivity index (χ0n) is 11.1. The summed E-state index contributed by atoms with van der Waals surface area (Å²) in [6, 6.07) is 6.43. The first-order valence-electron chi connectivity index (χ1n) is 6.74. The molecule has 2 heteroatoms. The number of unbranched alkanes of at least 4 members (excludes halogenated alkanes) is 5. The maximum absolute atomic E-state index is 3.57. The normalized spacial score (nSPS) is 10.5. The van der Waals surface area contributed by atoms with E-state index in [1.54, 1.807) is 0 Å². The second-order valence-corrected chi connectivity index (χ2v) is 5.53. The van der Waals surface area contributed by atoms with Crippen LogP contribution in [-0.4, -0.2) is 6.54 Å². The van der Waals surface area contributed by atoms with Gasteiger partial charge in [0.25, 0.3) is 0 Å². The number of hydrogen-bond donors (Lipinski definition) is 1. The van der Waals surface area contributed by atoms with Crippen LogP contribution in [-0.2, 0) is 0 Å². The Morgan fingerprint density at radius 1 is 1.06 bits per heavy atom. The van der Waals surface area contributed by atoms with Crippen LogP contribution in [0.4, 0.5) is 5.69 Å². The maximum Gasteiger partial charge on any atom is 0.0487 e. The summed E-state index contributed by atoms with van der Waals surface area (Å²) in [6.07, 6.45) is 8.10. The number of benzene rings is 1. The summed E-state index contributed by atoms with van der Waals surface area (Å²) in [5.74, 6) is 0. The van der Waals surface area contributed by atoms with Gasteiger partial charge in [0, 0.05) is 16.7 Å². The molecule has 0 aliphatic heterocycles. The van der Waals surface area contributed by atoms with Gasteiger partial charge >= 0.3 is 0 Å². The molecule has 1 aromatic rings. The second-order valence-electron chi connectivity index (χ2n) is 4.68. The molecular weight excluding hydrogens is 274 g/mol. The molecule has 0 aliphatic carbocycles. The van der Waals surface area contributed by atoms with Crippen LogP contribution in [0, 0.1) is 6.92 Å². The number of anilines is 1. The molecule has 0 saturated carbocycles. The Bertz CT molecular complexity index is 323. The predicted molar refractivity (Wildman–Crippen MR) is 80.7 cm³/mol.